The maximum Gasteiger partial charge on any atom is 0.318 e. The molecule has 60 heavy (non-hydrogen) atoms. The van der Waals surface area contributed by atoms with E-state index < -0.39 is 62.6 Å². The predicted octanol–water partition coefficient (Wildman–Crippen LogP) is 5.32. The molecule has 1 saturated heterocycles. The number of amides is 5. The minimum absolute atomic E-state index is 0.0184. The third kappa shape index (κ3) is 8.56. The van der Waals surface area contributed by atoms with Crippen molar-refractivity contribution in [2.45, 2.75) is 126 Å². The molecule has 1 aromatic carbocycles. The van der Waals surface area contributed by atoms with Gasteiger partial charge in [-0.3, -0.25) is 19.1 Å². The fourth-order valence-electron chi connectivity index (χ4n) is 8.56. The number of thiazole rings is 1. The molecule has 0 bridgehead atoms. The van der Waals surface area contributed by atoms with Crippen molar-refractivity contribution in [2.75, 3.05) is 26.7 Å². The number of nitrogens with one attached hydrogen (secondary N) is 3. The molecule has 2 aliphatic heterocycles. The molecule has 0 radical (unpaired) electrons. The number of aromatic nitrogens is 2. The van der Waals surface area contributed by atoms with E-state index in [4.69, 9.17) is 19.4 Å². The SMILES string of the molecule is CCN(CC)C(=O)N[C@H]1CCCCC/C=C\[C@@H]2CC2(C(=O)NS(=O)(=O)C2CC2)NC(=O)[C@@H]2C[C@@H](Oc3cc(-c4nc(C5CC5)cs4)nc4c(C)c(OC)ccc34)CN2C1=O. The summed E-state index contributed by atoms with van der Waals surface area (Å²) in [5.74, 6) is -0.576. The average Bonchev–Trinajstić information content (AvgIpc) is 4.18. The second-order valence-corrected chi connectivity index (χ2v) is 19.6. The lowest BCUT2D eigenvalue weighted by Gasteiger charge is -2.31. The summed E-state index contributed by atoms with van der Waals surface area (Å²) in [6, 6.07) is 3.22. The number of carbonyl (C=O) groups is 4. The van der Waals surface area contributed by atoms with Gasteiger partial charge in [0.05, 0.1) is 30.1 Å². The number of carbonyl (C=O) groups excluding carboxylic acids is 4. The monoisotopic (exact) mass is 861 g/mol. The molecule has 17 heteroatoms. The van der Waals surface area contributed by atoms with Crippen LogP contribution in [0.3, 0.4) is 0 Å². The van der Waals surface area contributed by atoms with E-state index >= 15 is 0 Å². The van der Waals surface area contributed by atoms with Crippen LogP contribution in [0.15, 0.2) is 35.7 Å². The number of pyridine rings is 1. The first-order valence-electron chi connectivity index (χ1n) is 21.4. The molecule has 1 unspecified atom stereocenters. The van der Waals surface area contributed by atoms with Gasteiger partial charge in [-0.05, 0) is 84.3 Å². The summed E-state index contributed by atoms with van der Waals surface area (Å²) in [6.07, 6.45) is 10.0. The number of hydrogen-bond acceptors (Lipinski definition) is 11. The van der Waals surface area contributed by atoms with Gasteiger partial charge in [-0.1, -0.05) is 25.0 Å². The summed E-state index contributed by atoms with van der Waals surface area (Å²) in [5, 5.41) is 8.85. The highest BCUT2D eigenvalue weighted by Crippen LogP contribution is 2.47. The second kappa shape index (κ2) is 16.9. The Morgan fingerprint density at radius 1 is 1.05 bits per heavy atom. The number of allylic oxidation sites excluding steroid dienone is 1. The van der Waals surface area contributed by atoms with Gasteiger partial charge in [-0.15, -0.1) is 11.3 Å². The number of hydrogen-bond donors (Lipinski definition) is 3. The van der Waals surface area contributed by atoms with Gasteiger partial charge in [0.25, 0.3) is 5.91 Å². The summed E-state index contributed by atoms with van der Waals surface area (Å²) in [7, 11) is -2.29. The number of ether oxygens (including phenoxy) is 2. The number of sulfonamides is 1. The van der Waals surface area contributed by atoms with E-state index in [0.717, 1.165) is 47.3 Å². The molecule has 3 saturated carbocycles. The van der Waals surface area contributed by atoms with Gasteiger partial charge in [0.15, 0.2) is 0 Å². The van der Waals surface area contributed by atoms with Crippen LogP contribution in [0.5, 0.6) is 11.5 Å². The molecule has 5 aliphatic rings. The van der Waals surface area contributed by atoms with E-state index in [2.05, 4.69) is 20.7 Å². The Balaban J connectivity index is 1.14. The average molecular weight is 862 g/mol. The molecule has 4 fully saturated rings. The molecule has 3 aliphatic carbocycles. The Hall–Kier alpha value is -4.77. The molecule has 322 valence electrons. The Labute approximate surface area is 355 Å². The lowest BCUT2D eigenvalue weighted by molar-refractivity contribution is -0.141. The highest BCUT2D eigenvalue weighted by Gasteiger charge is 2.62. The molecule has 8 rings (SSSR count). The molecule has 2 aromatic heterocycles. The molecular weight excluding hydrogens is 807 g/mol. The van der Waals surface area contributed by atoms with Crippen LogP contribution in [0.1, 0.15) is 102 Å². The highest BCUT2D eigenvalue weighted by atomic mass is 32.2. The number of fused-ring (bicyclic) bond motifs is 3. The highest BCUT2D eigenvalue weighted by molar-refractivity contribution is 7.91. The zero-order valence-electron chi connectivity index (χ0n) is 34.7. The van der Waals surface area contributed by atoms with E-state index in [1.807, 2.05) is 51.1 Å². The molecule has 0 spiro atoms. The molecule has 5 atom stereocenters. The van der Waals surface area contributed by atoms with Gasteiger partial charge < -0.3 is 29.9 Å². The van der Waals surface area contributed by atoms with Crippen LogP contribution in [0.4, 0.5) is 4.79 Å². The van der Waals surface area contributed by atoms with Crippen molar-refractivity contribution in [3.63, 3.8) is 0 Å². The first kappa shape index (κ1) is 41.9. The van der Waals surface area contributed by atoms with Gasteiger partial charge in [-0.2, -0.15) is 0 Å². The van der Waals surface area contributed by atoms with Crippen molar-refractivity contribution in [3.8, 4) is 22.2 Å². The van der Waals surface area contributed by atoms with Crippen molar-refractivity contribution in [2.24, 2.45) is 5.92 Å². The number of urea groups is 1. The molecule has 5 amide bonds. The Kier molecular flexibility index (Phi) is 11.8. The molecular formula is C43H55N7O8S2. The number of nitrogens with zero attached hydrogens (tertiary/aromatic N) is 4. The van der Waals surface area contributed by atoms with E-state index in [-0.39, 0.29) is 25.4 Å². The van der Waals surface area contributed by atoms with Crippen LogP contribution in [-0.2, 0) is 24.4 Å². The molecule has 4 heterocycles. The Bertz CT molecular complexity index is 2300. The molecule has 3 N–H and O–H groups in total. The predicted molar refractivity (Wildman–Crippen MR) is 227 cm³/mol. The van der Waals surface area contributed by atoms with Gasteiger partial charge in [0.1, 0.15) is 45.9 Å². The summed E-state index contributed by atoms with van der Waals surface area (Å²) < 4.78 is 40.7. The van der Waals surface area contributed by atoms with E-state index in [0.29, 0.717) is 73.8 Å². The summed E-state index contributed by atoms with van der Waals surface area (Å²) in [5.41, 5.74) is 1.68. The topological polar surface area (TPSA) is 189 Å². The number of methoxy groups -OCH3 is 1. The van der Waals surface area contributed by atoms with Gasteiger partial charge in [0, 0.05) is 53.7 Å². The third-order valence-corrected chi connectivity index (χ3v) is 15.3. The van der Waals surface area contributed by atoms with E-state index in [1.54, 1.807) is 12.0 Å². The van der Waals surface area contributed by atoms with Gasteiger partial charge in [0.2, 0.25) is 21.8 Å². The van der Waals surface area contributed by atoms with Crippen molar-refractivity contribution in [1.29, 1.82) is 0 Å². The molecule has 3 aromatic rings. The van der Waals surface area contributed by atoms with Crippen LogP contribution >= 0.6 is 11.3 Å². The standard InChI is InChI=1S/C43H55N7O8S2/c1-5-49(6-2)42(54)46-31-13-11-9-7-8-10-12-27-22-43(27,41(53)48-60(55,56)29-16-17-29)47-38(51)34-20-28(23-50(34)40(31)52)58-36-21-32(39-45-33(24-59-39)26-14-15-26)44-37-25(3)35(57-4)19-18-30(36)37/h10,12,18-19,21,24,26-29,31,34H,5-9,11,13-17,20,22-23H2,1-4H3,(H,46,54)(H,47,51)(H,48,53)/b12-10-/t27-,28-,31+,34+,43?/m1/s1. The van der Waals surface area contributed by atoms with Crippen molar-refractivity contribution < 1.29 is 37.1 Å². The molecule has 15 nitrogen and oxygen atoms in total. The lowest BCUT2D eigenvalue weighted by Crippen LogP contribution is -2.59. The Morgan fingerprint density at radius 3 is 2.55 bits per heavy atom. The summed E-state index contributed by atoms with van der Waals surface area (Å²) in [6.45, 7) is 6.61. The minimum Gasteiger partial charge on any atom is -0.496 e. The Morgan fingerprint density at radius 2 is 1.83 bits per heavy atom. The largest absolute Gasteiger partial charge is 0.496 e. The maximum atomic E-state index is 14.8. The van der Waals surface area contributed by atoms with Crippen LogP contribution in [0, 0.1) is 12.8 Å². The van der Waals surface area contributed by atoms with E-state index in [9.17, 15) is 27.6 Å². The lowest BCUT2D eigenvalue weighted by atomic mass is 10.0. The minimum atomic E-state index is -3.90. The quantitative estimate of drug-likeness (QED) is 0.213. The number of rotatable bonds is 11. The fourth-order valence-corrected chi connectivity index (χ4v) is 10.8. The number of benzene rings is 1. The van der Waals surface area contributed by atoms with Crippen LogP contribution < -0.4 is 24.8 Å². The first-order valence-corrected chi connectivity index (χ1v) is 23.8. The normalized spacial score (nSPS) is 26.5. The van der Waals surface area contributed by atoms with Crippen LogP contribution in [0.25, 0.3) is 21.6 Å². The van der Waals surface area contributed by atoms with Gasteiger partial charge >= 0.3 is 6.03 Å². The van der Waals surface area contributed by atoms with Crippen LogP contribution in [-0.4, -0.2) is 108 Å². The van der Waals surface area contributed by atoms with Crippen LogP contribution in [0.2, 0.25) is 0 Å². The van der Waals surface area contributed by atoms with Gasteiger partial charge in [-0.25, -0.2) is 23.2 Å². The van der Waals surface area contributed by atoms with Crippen molar-refractivity contribution >= 4 is 56.0 Å². The fraction of sp³-hybridized carbons (Fsp3) is 0.581. The second-order valence-electron chi connectivity index (χ2n) is 16.8. The van der Waals surface area contributed by atoms with Crippen molar-refractivity contribution in [1.82, 2.24) is 35.1 Å². The van der Waals surface area contributed by atoms with E-state index in [1.165, 1.54) is 16.2 Å². The zero-order chi connectivity index (χ0) is 42.3. The smallest absolute Gasteiger partial charge is 0.318 e. The summed E-state index contributed by atoms with van der Waals surface area (Å²) in [4.78, 5) is 69.8. The maximum absolute atomic E-state index is 14.8. The first-order chi connectivity index (χ1) is 28.8. The number of aryl methyl sites for hydroxylation is 1. The summed E-state index contributed by atoms with van der Waals surface area (Å²) >= 11 is 1.52. The zero-order valence-corrected chi connectivity index (χ0v) is 36.3. The van der Waals surface area contributed by atoms with Crippen molar-refractivity contribution in [3.05, 3.63) is 47.0 Å². The third-order valence-electron chi connectivity index (χ3n) is 12.6.